The summed E-state index contributed by atoms with van der Waals surface area (Å²) in [5.41, 5.74) is 3.08. The van der Waals surface area contributed by atoms with Crippen molar-refractivity contribution in [1.82, 2.24) is 9.38 Å². The third-order valence-corrected chi connectivity index (χ3v) is 8.76. The number of thioether (sulfide) groups is 1. The van der Waals surface area contributed by atoms with E-state index in [0.29, 0.717) is 39.3 Å². The molecule has 2 aromatic heterocycles. The van der Waals surface area contributed by atoms with E-state index in [-0.39, 0.29) is 22.8 Å². The molecule has 0 saturated heterocycles. The Morgan fingerprint density at radius 2 is 1.77 bits per heavy atom. The normalized spacial score (nSPS) is 11.6. The van der Waals surface area contributed by atoms with Crippen molar-refractivity contribution in [3.8, 4) is 5.75 Å². The third kappa shape index (κ3) is 7.64. The molecule has 3 N–H and O–H groups in total. The number of anilines is 4. The molecule has 47 heavy (non-hydrogen) atoms. The SMILES string of the molecule is COc1ccc(NS(=O)(=O)c2cc([N+](=O)[O-])ccc2N/N=C\c2c(Nc3ccc(SC(F)F)cc3)nc3c(C)cccn3c2=O)cc1. The van der Waals surface area contributed by atoms with Crippen LogP contribution in [0.4, 0.5) is 37.3 Å². The number of halogens is 2. The number of ether oxygens (including phenoxy) is 1. The molecular formula is C30H25F2N7O6S2. The van der Waals surface area contributed by atoms with Crippen LogP contribution in [0.3, 0.4) is 0 Å². The molecule has 0 saturated carbocycles. The van der Waals surface area contributed by atoms with Crippen LogP contribution < -0.4 is 25.8 Å². The fraction of sp³-hybridized carbons (Fsp3) is 0.100. The van der Waals surface area contributed by atoms with Crippen LogP contribution in [0, 0.1) is 17.0 Å². The van der Waals surface area contributed by atoms with Crippen molar-refractivity contribution in [3.63, 3.8) is 0 Å². The first-order valence-corrected chi connectivity index (χ1v) is 15.9. The third-order valence-electron chi connectivity index (χ3n) is 6.61. The number of pyridine rings is 1. The summed E-state index contributed by atoms with van der Waals surface area (Å²) in [6.45, 7) is 1.77. The van der Waals surface area contributed by atoms with Crippen molar-refractivity contribution in [3.05, 3.63) is 117 Å². The Morgan fingerprint density at radius 3 is 2.43 bits per heavy atom. The first kappa shape index (κ1) is 32.8. The van der Waals surface area contributed by atoms with E-state index in [1.165, 1.54) is 60.2 Å². The number of hydrogen-bond acceptors (Lipinski definition) is 11. The predicted molar refractivity (Wildman–Crippen MR) is 176 cm³/mol. The second-order valence-corrected chi connectivity index (χ2v) is 12.4. The number of hydrazone groups is 1. The number of rotatable bonds is 12. The maximum Gasteiger partial charge on any atom is 0.288 e. The van der Waals surface area contributed by atoms with Crippen LogP contribution >= 0.6 is 11.8 Å². The van der Waals surface area contributed by atoms with E-state index >= 15 is 0 Å². The number of aromatic nitrogens is 2. The van der Waals surface area contributed by atoms with Gasteiger partial charge in [0.2, 0.25) is 0 Å². The largest absolute Gasteiger partial charge is 0.497 e. The first-order valence-electron chi connectivity index (χ1n) is 13.5. The second kappa shape index (κ2) is 13.8. The first-order chi connectivity index (χ1) is 22.4. The molecule has 5 rings (SSSR count). The van der Waals surface area contributed by atoms with Gasteiger partial charge in [0.15, 0.2) is 0 Å². The molecule has 13 nitrogen and oxygen atoms in total. The van der Waals surface area contributed by atoms with Gasteiger partial charge in [-0.25, -0.2) is 13.4 Å². The van der Waals surface area contributed by atoms with Crippen molar-refractivity contribution in [1.29, 1.82) is 0 Å². The van der Waals surface area contributed by atoms with Gasteiger partial charge < -0.3 is 10.1 Å². The molecule has 0 aliphatic rings. The van der Waals surface area contributed by atoms with Crippen molar-refractivity contribution < 1.29 is 26.9 Å². The van der Waals surface area contributed by atoms with E-state index in [4.69, 9.17) is 4.74 Å². The Labute approximate surface area is 270 Å². The zero-order valence-electron chi connectivity index (χ0n) is 24.5. The second-order valence-electron chi connectivity index (χ2n) is 9.73. The van der Waals surface area contributed by atoms with E-state index in [1.807, 2.05) is 0 Å². The van der Waals surface area contributed by atoms with Crippen LogP contribution in [0.1, 0.15) is 11.1 Å². The van der Waals surface area contributed by atoms with E-state index in [2.05, 4.69) is 25.6 Å². The lowest BCUT2D eigenvalue weighted by Crippen LogP contribution is -2.22. The number of nitro groups is 1. The van der Waals surface area contributed by atoms with Crippen LogP contribution in [-0.4, -0.2) is 41.8 Å². The highest BCUT2D eigenvalue weighted by Crippen LogP contribution is 2.30. The van der Waals surface area contributed by atoms with Gasteiger partial charge >= 0.3 is 0 Å². The minimum absolute atomic E-state index is 0.0330. The number of sulfonamides is 1. The number of alkyl halides is 2. The minimum atomic E-state index is -4.39. The molecule has 2 heterocycles. The summed E-state index contributed by atoms with van der Waals surface area (Å²) < 4.78 is 61.1. The van der Waals surface area contributed by atoms with Gasteiger partial charge in [-0.3, -0.25) is 29.5 Å². The molecule has 17 heteroatoms. The van der Waals surface area contributed by atoms with Gasteiger partial charge in [-0.1, -0.05) is 17.8 Å². The van der Waals surface area contributed by atoms with E-state index < -0.39 is 36.8 Å². The molecule has 242 valence electrons. The number of hydrogen-bond donors (Lipinski definition) is 3. The van der Waals surface area contributed by atoms with Gasteiger partial charge in [0.1, 0.15) is 27.7 Å². The molecular weight excluding hydrogens is 657 g/mol. The number of methoxy groups -OCH3 is 1. The summed E-state index contributed by atoms with van der Waals surface area (Å²) in [5.74, 6) is -2.01. The Balaban J connectivity index is 1.51. The summed E-state index contributed by atoms with van der Waals surface area (Å²) >= 11 is 0.390. The summed E-state index contributed by atoms with van der Waals surface area (Å²) in [6, 6.07) is 18.7. The Bertz CT molecular complexity index is 2140. The lowest BCUT2D eigenvalue weighted by Gasteiger charge is -2.13. The van der Waals surface area contributed by atoms with Crippen molar-refractivity contribution in [2.24, 2.45) is 5.10 Å². The highest BCUT2D eigenvalue weighted by atomic mass is 32.2. The monoisotopic (exact) mass is 681 g/mol. The molecule has 0 spiro atoms. The smallest absolute Gasteiger partial charge is 0.288 e. The molecule has 0 bridgehead atoms. The summed E-state index contributed by atoms with van der Waals surface area (Å²) in [4.78, 5) is 28.8. The number of non-ortho nitro benzene ring substituents is 1. The maximum atomic E-state index is 13.6. The van der Waals surface area contributed by atoms with Gasteiger partial charge in [0.25, 0.3) is 27.0 Å². The van der Waals surface area contributed by atoms with Crippen molar-refractivity contribution in [2.75, 3.05) is 22.6 Å². The van der Waals surface area contributed by atoms with Crippen LogP contribution in [0.15, 0.2) is 105 Å². The van der Waals surface area contributed by atoms with E-state index in [9.17, 15) is 32.1 Å². The fourth-order valence-electron chi connectivity index (χ4n) is 4.35. The minimum Gasteiger partial charge on any atom is -0.497 e. The lowest BCUT2D eigenvalue weighted by molar-refractivity contribution is -0.385. The van der Waals surface area contributed by atoms with E-state index in [0.717, 1.165) is 18.3 Å². The zero-order chi connectivity index (χ0) is 33.7. The number of nitro benzene ring substituents is 1. The number of nitrogens with one attached hydrogen (secondary N) is 3. The predicted octanol–water partition coefficient (Wildman–Crippen LogP) is 6.22. The average Bonchev–Trinajstić information content (AvgIpc) is 3.04. The van der Waals surface area contributed by atoms with Crippen LogP contribution in [0.2, 0.25) is 0 Å². The summed E-state index contributed by atoms with van der Waals surface area (Å²) in [6.07, 6.45) is 2.65. The van der Waals surface area contributed by atoms with Gasteiger partial charge in [-0.05, 0) is 73.2 Å². The molecule has 0 atom stereocenters. The number of nitrogens with zero attached hydrogens (tertiary/aromatic N) is 4. The molecule has 5 aromatic rings. The summed E-state index contributed by atoms with van der Waals surface area (Å²) in [7, 11) is -2.93. The number of fused-ring (bicyclic) bond motifs is 1. The molecule has 0 radical (unpaired) electrons. The topological polar surface area (TPSA) is 169 Å². The zero-order valence-corrected chi connectivity index (χ0v) is 26.2. The standard InChI is InChI=1S/C30H25F2N7O6S2/c1-18-4-3-15-38-28(18)35-27(34-19-7-12-23(13-8-19)46-30(31)32)24(29(38)40)17-33-36-25-14-9-21(39(41)42)16-26(25)47(43,44)37-20-5-10-22(45-2)11-6-20/h3-17,30,34,36-37H,1-2H3/b33-17-. The van der Waals surface area contributed by atoms with Crippen molar-refractivity contribution in [2.45, 2.75) is 22.5 Å². The van der Waals surface area contributed by atoms with Gasteiger partial charge in [0.05, 0.1) is 23.9 Å². The Kier molecular flexibility index (Phi) is 9.67. The molecule has 0 aliphatic heterocycles. The molecule has 0 amide bonds. The Hall–Kier alpha value is -5.55. The molecule has 3 aromatic carbocycles. The lowest BCUT2D eigenvalue weighted by atomic mass is 10.2. The maximum absolute atomic E-state index is 13.6. The fourth-order valence-corrected chi connectivity index (χ4v) is 6.09. The molecule has 0 fully saturated rings. The van der Waals surface area contributed by atoms with E-state index in [1.54, 1.807) is 31.2 Å². The van der Waals surface area contributed by atoms with Gasteiger partial charge in [-0.15, -0.1) is 0 Å². The average molecular weight is 682 g/mol. The van der Waals surface area contributed by atoms with Crippen LogP contribution in [-0.2, 0) is 10.0 Å². The highest BCUT2D eigenvalue weighted by Gasteiger charge is 2.23. The van der Waals surface area contributed by atoms with Crippen LogP contribution in [0.25, 0.3) is 5.65 Å². The molecule has 0 aliphatic carbocycles. The summed E-state index contributed by atoms with van der Waals surface area (Å²) in [5, 5.41) is 18.6. The molecule has 0 unspecified atom stereocenters. The number of aryl methyl sites for hydroxylation is 1. The van der Waals surface area contributed by atoms with Gasteiger partial charge in [0, 0.05) is 34.6 Å². The van der Waals surface area contributed by atoms with Gasteiger partial charge in [-0.2, -0.15) is 13.9 Å². The number of benzene rings is 3. The highest BCUT2D eigenvalue weighted by molar-refractivity contribution is 7.99. The Morgan fingerprint density at radius 1 is 1.06 bits per heavy atom. The van der Waals surface area contributed by atoms with Crippen LogP contribution in [0.5, 0.6) is 5.75 Å². The quantitative estimate of drug-likeness (QED) is 0.0594. The van der Waals surface area contributed by atoms with Crippen molar-refractivity contribution >= 4 is 62.2 Å².